The summed E-state index contributed by atoms with van der Waals surface area (Å²) in [4.78, 5) is 51.4. The molecule has 3 N–H and O–H groups in total. The zero-order chi connectivity index (χ0) is 58.9. The summed E-state index contributed by atoms with van der Waals surface area (Å²) >= 11 is 0. The Hall–Kier alpha value is -3.84. The van der Waals surface area contributed by atoms with Crippen molar-refractivity contribution in [2.24, 2.45) is 0 Å². The fraction of sp³-hybridized carbons (Fsp3) is 0.768. The summed E-state index contributed by atoms with van der Waals surface area (Å²) in [6.07, 6.45) is 59.9. The number of carbonyl (C=O) groups excluding carboxylic acids is 3. The Bertz CT molecular complexity index is 1680. The number of rotatable bonds is 56. The van der Waals surface area contributed by atoms with Crippen molar-refractivity contribution in [2.75, 3.05) is 13.2 Å². The smallest absolute Gasteiger partial charge is 0.335 e. The molecule has 0 aromatic rings. The van der Waals surface area contributed by atoms with Crippen LogP contribution in [0.4, 0.5) is 0 Å². The summed E-state index contributed by atoms with van der Waals surface area (Å²) in [5.74, 6) is -3.13. The van der Waals surface area contributed by atoms with Gasteiger partial charge in [0.1, 0.15) is 18.8 Å². The monoisotopic (exact) mass is 1140 g/mol. The highest BCUT2D eigenvalue weighted by molar-refractivity contribution is 5.74. The number of hydrogen-bond donors (Lipinski definition) is 3. The highest BCUT2D eigenvalue weighted by Crippen LogP contribution is 2.27. The third-order valence-corrected chi connectivity index (χ3v) is 14.7. The van der Waals surface area contributed by atoms with Crippen LogP contribution in [0.1, 0.15) is 290 Å². The number of aliphatic hydroxyl groups excluding tert-OH is 2. The number of aliphatic carboxylic acids is 1. The van der Waals surface area contributed by atoms with Crippen LogP contribution in [-0.2, 0) is 42.9 Å². The van der Waals surface area contributed by atoms with E-state index in [0.717, 1.165) is 135 Å². The average Bonchev–Trinajstić information content (AvgIpc) is 3.53. The van der Waals surface area contributed by atoms with E-state index in [4.69, 9.17) is 23.7 Å². The zero-order valence-corrected chi connectivity index (χ0v) is 51.5. The molecule has 1 aliphatic heterocycles. The van der Waals surface area contributed by atoms with Crippen molar-refractivity contribution < 1.29 is 58.2 Å². The van der Waals surface area contributed by atoms with Crippen molar-refractivity contribution in [1.82, 2.24) is 0 Å². The summed E-state index contributed by atoms with van der Waals surface area (Å²) in [5.41, 5.74) is 0. The van der Waals surface area contributed by atoms with E-state index in [1.165, 1.54) is 96.3 Å². The van der Waals surface area contributed by atoms with Crippen LogP contribution in [0.25, 0.3) is 0 Å². The minimum absolute atomic E-state index is 0.0530. The van der Waals surface area contributed by atoms with E-state index in [1.807, 2.05) is 0 Å². The van der Waals surface area contributed by atoms with Crippen LogP contribution in [0.2, 0.25) is 0 Å². The molecule has 0 saturated carbocycles. The maximum Gasteiger partial charge on any atom is 0.335 e. The van der Waals surface area contributed by atoms with E-state index >= 15 is 0 Å². The Kier molecular flexibility index (Phi) is 52.6. The first kappa shape index (κ1) is 75.2. The minimum atomic E-state index is -1.91. The number of esters is 3. The lowest BCUT2D eigenvalue weighted by atomic mass is 9.98. The summed E-state index contributed by atoms with van der Waals surface area (Å²) in [7, 11) is 0. The van der Waals surface area contributed by atoms with Crippen LogP contribution in [0.5, 0.6) is 0 Å². The molecule has 6 atom stereocenters. The fourth-order valence-electron chi connectivity index (χ4n) is 9.70. The normalized spacial score (nSPS) is 18.2. The first-order valence-corrected chi connectivity index (χ1v) is 32.9. The Morgan fingerprint density at radius 2 is 0.778 bits per heavy atom. The first-order valence-electron chi connectivity index (χ1n) is 32.9. The van der Waals surface area contributed by atoms with Gasteiger partial charge >= 0.3 is 23.9 Å². The van der Waals surface area contributed by atoms with E-state index in [0.29, 0.717) is 19.3 Å². The number of aliphatic hydroxyl groups is 2. The van der Waals surface area contributed by atoms with Gasteiger partial charge in [-0.25, -0.2) is 4.79 Å². The summed E-state index contributed by atoms with van der Waals surface area (Å²) in [6.45, 7) is 5.87. The predicted molar refractivity (Wildman–Crippen MR) is 331 cm³/mol. The molecule has 0 spiro atoms. The lowest BCUT2D eigenvalue weighted by Gasteiger charge is -2.40. The molecule has 0 aromatic heterocycles. The summed E-state index contributed by atoms with van der Waals surface area (Å²) in [6, 6.07) is 0. The van der Waals surface area contributed by atoms with Crippen LogP contribution in [0.3, 0.4) is 0 Å². The van der Waals surface area contributed by atoms with Crippen molar-refractivity contribution in [3.8, 4) is 0 Å². The van der Waals surface area contributed by atoms with Gasteiger partial charge in [0.15, 0.2) is 24.6 Å². The molecule has 6 unspecified atom stereocenters. The highest BCUT2D eigenvalue weighted by Gasteiger charge is 2.50. The summed E-state index contributed by atoms with van der Waals surface area (Å²) in [5, 5.41) is 31.6. The molecule has 1 rings (SSSR count). The second-order valence-electron chi connectivity index (χ2n) is 22.4. The van der Waals surface area contributed by atoms with Crippen molar-refractivity contribution in [2.45, 2.75) is 327 Å². The van der Waals surface area contributed by atoms with Crippen molar-refractivity contribution in [3.63, 3.8) is 0 Å². The highest BCUT2D eigenvalue weighted by atomic mass is 16.7. The van der Waals surface area contributed by atoms with E-state index in [1.54, 1.807) is 0 Å². The quantitative estimate of drug-likeness (QED) is 0.0228. The molecular weight excluding hydrogens is 1020 g/mol. The minimum Gasteiger partial charge on any atom is -0.479 e. The largest absolute Gasteiger partial charge is 0.479 e. The number of unbranched alkanes of at least 4 members (excludes halogenated alkanes) is 30. The molecule has 0 radical (unpaired) electrons. The zero-order valence-electron chi connectivity index (χ0n) is 51.5. The van der Waals surface area contributed by atoms with E-state index in [-0.39, 0.29) is 25.9 Å². The van der Waals surface area contributed by atoms with Gasteiger partial charge in [-0.1, -0.05) is 235 Å². The third kappa shape index (κ3) is 46.3. The second kappa shape index (κ2) is 56.6. The van der Waals surface area contributed by atoms with Crippen molar-refractivity contribution in [1.29, 1.82) is 0 Å². The Morgan fingerprint density at radius 1 is 0.420 bits per heavy atom. The summed E-state index contributed by atoms with van der Waals surface area (Å²) < 4.78 is 28.5. The molecule has 1 saturated heterocycles. The van der Waals surface area contributed by atoms with Crippen molar-refractivity contribution >= 4 is 23.9 Å². The first-order chi connectivity index (χ1) is 39.6. The van der Waals surface area contributed by atoms with E-state index in [2.05, 4.69) is 93.7 Å². The molecule has 1 heterocycles. The van der Waals surface area contributed by atoms with Gasteiger partial charge in [0, 0.05) is 19.3 Å². The molecule has 1 aliphatic rings. The van der Waals surface area contributed by atoms with Gasteiger partial charge in [0.2, 0.25) is 0 Å². The topological polar surface area (TPSA) is 175 Å². The lowest BCUT2D eigenvalue weighted by Crippen LogP contribution is -2.61. The van der Waals surface area contributed by atoms with Gasteiger partial charge in [0.05, 0.1) is 6.61 Å². The number of hydrogen-bond acceptors (Lipinski definition) is 11. The number of ether oxygens (including phenoxy) is 5. The molecule has 466 valence electrons. The van der Waals surface area contributed by atoms with Crippen molar-refractivity contribution in [3.05, 3.63) is 72.9 Å². The van der Waals surface area contributed by atoms with E-state index < -0.39 is 67.3 Å². The molecule has 0 amide bonds. The Morgan fingerprint density at radius 3 is 1.22 bits per heavy atom. The predicted octanol–water partition coefficient (Wildman–Crippen LogP) is 17.7. The molecular formula is C69H118O12. The van der Waals surface area contributed by atoms with E-state index in [9.17, 15) is 34.5 Å². The van der Waals surface area contributed by atoms with Gasteiger partial charge in [-0.15, -0.1) is 0 Å². The number of carboxylic acid groups (broad SMARTS) is 1. The molecule has 12 heteroatoms. The van der Waals surface area contributed by atoms with Crippen LogP contribution >= 0.6 is 0 Å². The maximum atomic E-state index is 13.2. The average molecular weight is 1140 g/mol. The van der Waals surface area contributed by atoms with Crippen LogP contribution in [0, 0.1) is 0 Å². The molecule has 12 nitrogen and oxygen atoms in total. The molecule has 81 heavy (non-hydrogen) atoms. The van der Waals surface area contributed by atoms with Gasteiger partial charge < -0.3 is 39.0 Å². The Labute approximate surface area is 493 Å². The van der Waals surface area contributed by atoms with Gasteiger partial charge in [0.25, 0.3) is 0 Å². The van der Waals surface area contributed by atoms with Gasteiger partial charge in [-0.3, -0.25) is 14.4 Å². The van der Waals surface area contributed by atoms with Crippen LogP contribution in [0.15, 0.2) is 72.9 Å². The van der Waals surface area contributed by atoms with Gasteiger partial charge in [-0.2, -0.15) is 0 Å². The number of carbonyl (C=O) groups is 4. The van der Waals surface area contributed by atoms with Gasteiger partial charge in [-0.05, 0) is 109 Å². The standard InChI is InChI=1S/C69H118O12/c1-4-7-10-13-16-19-22-25-28-31-34-37-40-43-46-49-52-55-61(70)77-58-60(79-62(71)56-53-50-47-44-41-38-35-32-29-26-23-20-17-14-11-8-5-2)59-78-69-67(65(74)64(73)66(81-69)68(75)76)80-63(72)57-54-51-48-45-42-39-36-33-30-27-24-21-18-15-12-9-6-3/h7,10,16-17,19-20,25-30,60,64-67,69,73-74H,4-6,8-9,11-15,18,21-24,31-59H2,1-3H3,(H,75,76)/b10-7-,19-16-,20-17-,28-25-,29-26-,30-27-. The SMILES string of the molecule is CC/C=C\C/C=C\C/C=C\CCCCCCCCCC(=O)OCC(COC1OC(C(=O)O)C(O)C(O)C1OC(=O)CCCCCCCCC/C=C\CCCCCCCC)OC(=O)CCCCCCCCC/C=C\C/C=C\CCCCC. The molecule has 0 aromatic carbocycles. The molecule has 1 fully saturated rings. The molecule has 0 aliphatic carbocycles. The number of allylic oxidation sites excluding steroid dienone is 12. The fourth-order valence-corrected chi connectivity index (χ4v) is 9.70. The lowest BCUT2D eigenvalue weighted by molar-refractivity contribution is -0.301. The number of carboxylic acids is 1. The van der Waals surface area contributed by atoms with Crippen LogP contribution in [-0.4, -0.2) is 89.2 Å². The second-order valence-corrected chi connectivity index (χ2v) is 22.4. The molecule has 0 bridgehead atoms. The maximum absolute atomic E-state index is 13.2. The van der Waals surface area contributed by atoms with Crippen LogP contribution < -0.4 is 0 Å². The Balaban J connectivity index is 2.67. The third-order valence-electron chi connectivity index (χ3n) is 14.7.